The van der Waals surface area contributed by atoms with Gasteiger partial charge in [0.1, 0.15) is 5.82 Å². The number of hydrogen-bond acceptors (Lipinski definition) is 9. The van der Waals surface area contributed by atoms with Crippen LogP contribution in [0.2, 0.25) is 0 Å². The molecule has 0 unspecified atom stereocenters. The Morgan fingerprint density at radius 2 is 1.94 bits per heavy atom. The van der Waals surface area contributed by atoms with E-state index in [1.165, 1.54) is 0 Å². The Morgan fingerprint density at radius 3 is 2.52 bits per heavy atom. The molecule has 1 saturated carbocycles. The molecule has 2 aromatic heterocycles. The van der Waals surface area contributed by atoms with Crippen LogP contribution in [0.3, 0.4) is 0 Å². The molecule has 2 aliphatic rings. The van der Waals surface area contributed by atoms with Gasteiger partial charge in [0, 0.05) is 25.2 Å². The Labute approximate surface area is 179 Å². The SMILES string of the molecule is C[C@H](N)[C@H](Nc1nc(Nc2cnc(N3CCOCC3)nc2)c(C(N)=O)cc1F)C1CC1. The Bertz CT molecular complexity index is 928. The van der Waals surface area contributed by atoms with Crippen LogP contribution < -0.4 is 27.0 Å². The highest BCUT2D eigenvalue weighted by molar-refractivity contribution is 5.98. The van der Waals surface area contributed by atoms with Crippen LogP contribution in [-0.4, -0.2) is 59.2 Å². The minimum absolute atomic E-state index is 0.0209. The van der Waals surface area contributed by atoms with E-state index in [0.29, 0.717) is 30.8 Å². The molecule has 1 aliphatic carbocycles. The second kappa shape index (κ2) is 8.98. The number of primary amides is 1. The van der Waals surface area contributed by atoms with Crippen LogP contribution in [0, 0.1) is 11.7 Å². The van der Waals surface area contributed by atoms with Crippen molar-refractivity contribution in [1.82, 2.24) is 15.0 Å². The van der Waals surface area contributed by atoms with Crippen LogP contribution in [0.4, 0.5) is 27.7 Å². The lowest BCUT2D eigenvalue weighted by atomic mass is 10.1. The zero-order chi connectivity index (χ0) is 22.0. The summed E-state index contributed by atoms with van der Waals surface area (Å²) in [6, 6.07) is 0.793. The Hall–Kier alpha value is -3.05. The number of anilines is 4. The van der Waals surface area contributed by atoms with Crippen LogP contribution >= 0.6 is 0 Å². The van der Waals surface area contributed by atoms with E-state index in [1.54, 1.807) is 12.4 Å². The van der Waals surface area contributed by atoms with Crippen molar-refractivity contribution in [2.45, 2.75) is 31.8 Å². The van der Waals surface area contributed by atoms with E-state index in [2.05, 4.69) is 25.6 Å². The van der Waals surface area contributed by atoms with Gasteiger partial charge in [-0.3, -0.25) is 4.79 Å². The molecular formula is C20H27FN8O2. The number of nitrogens with one attached hydrogen (secondary N) is 2. The first kappa shape index (κ1) is 21.2. The first-order valence-corrected chi connectivity index (χ1v) is 10.4. The maximum absolute atomic E-state index is 14.7. The van der Waals surface area contributed by atoms with Crippen molar-refractivity contribution in [1.29, 1.82) is 0 Å². The second-order valence-corrected chi connectivity index (χ2v) is 7.94. The summed E-state index contributed by atoms with van der Waals surface area (Å²) in [6.07, 6.45) is 5.24. The van der Waals surface area contributed by atoms with Crippen molar-refractivity contribution in [2.24, 2.45) is 17.4 Å². The summed E-state index contributed by atoms with van der Waals surface area (Å²) >= 11 is 0. The van der Waals surface area contributed by atoms with E-state index in [9.17, 15) is 9.18 Å². The van der Waals surface area contributed by atoms with E-state index in [1.807, 2.05) is 11.8 Å². The van der Waals surface area contributed by atoms with Crippen molar-refractivity contribution in [2.75, 3.05) is 41.8 Å². The number of hydrogen-bond donors (Lipinski definition) is 4. The van der Waals surface area contributed by atoms with E-state index in [-0.39, 0.29) is 29.3 Å². The molecule has 166 valence electrons. The predicted molar refractivity (Wildman–Crippen MR) is 115 cm³/mol. The van der Waals surface area contributed by atoms with Crippen LogP contribution in [0.25, 0.3) is 0 Å². The lowest BCUT2D eigenvalue weighted by Gasteiger charge is -2.26. The Morgan fingerprint density at radius 1 is 1.26 bits per heavy atom. The van der Waals surface area contributed by atoms with Gasteiger partial charge in [-0.2, -0.15) is 0 Å². The van der Waals surface area contributed by atoms with Crippen molar-refractivity contribution in [3.05, 3.63) is 29.8 Å². The minimum atomic E-state index is -0.794. The average molecular weight is 430 g/mol. The summed E-state index contributed by atoms with van der Waals surface area (Å²) in [5, 5.41) is 6.08. The van der Waals surface area contributed by atoms with Gasteiger partial charge in [0.25, 0.3) is 5.91 Å². The largest absolute Gasteiger partial charge is 0.378 e. The molecule has 0 spiro atoms. The lowest BCUT2D eigenvalue weighted by molar-refractivity contribution is 0.100. The van der Waals surface area contributed by atoms with Crippen molar-refractivity contribution in [3.8, 4) is 0 Å². The van der Waals surface area contributed by atoms with Gasteiger partial charge >= 0.3 is 0 Å². The molecule has 1 aliphatic heterocycles. The van der Waals surface area contributed by atoms with Gasteiger partial charge < -0.3 is 31.7 Å². The third-order valence-electron chi connectivity index (χ3n) is 5.44. The van der Waals surface area contributed by atoms with Crippen molar-refractivity contribution >= 4 is 29.2 Å². The number of amides is 1. The first-order chi connectivity index (χ1) is 14.9. The van der Waals surface area contributed by atoms with Gasteiger partial charge in [-0.1, -0.05) is 0 Å². The highest BCUT2D eigenvalue weighted by Crippen LogP contribution is 2.36. The molecule has 10 nitrogen and oxygen atoms in total. The zero-order valence-corrected chi connectivity index (χ0v) is 17.3. The average Bonchev–Trinajstić information content (AvgIpc) is 3.59. The molecule has 1 saturated heterocycles. The molecule has 31 heavy (non-hydrogen) atoms. The van der Waals surface area contributed by atoms with Gasteiger partial charge in [-0.25, -0.2) is 19.3 Å². The summed E-state index contributed by atoms with van der Waals surface area (Å²) in [7, 11) is 0. The molecule has 1 amide bonds. The predicted octanol–water partition coefficient (Wildman–Crippen LogP) is 1.23. The number of nitrogens with two attached hydrogens (primary N) is 2. The standard InChI is InChI=1S/C20H27FN8O2/c1-11(22)16(12-2-3-12)27-19-15(21)8-14(17(23)30)18(28-19)26-13-9-24-20(25-10-13)29-4-6-31-7-5-29/h8-12,16H,2-7,22H2,1H3,(H2,23,30)(H2,26,27,28)/t11-,16-/m0/s1. The number of nitrogens with zero attached hydrogens (tertiary/aromatic N) is 4. The smallest absolute Gasteiger partial charge is 0.252 e. The number of pyridine rings is 1. The molecule has 2 fully saturated rings. The molecule has 3 heterocycles. The number of halogens is 1. The molecule has 0 radical (unpaired) electrons. The van der Waals surface area contributed by atoms with Crippen molar-refractivity contribution in [3.63, 3.8) is 0 Å². The number of ether oxygens (including phenoxy) is 1. The fourth-order valence-corrected chi connectivity index (χ4v) is 3.61. The van der Waals surface area contributed by atoms with Crippen LogP contribution in [-0.2, 0) is 4.74 Å². The number of aromatic nitrogens is 3. The molecule has 11 heteroatoms. The molecule has 0 bridgehead atoms. The van der Waals surface area contributed by atoms with Gasteiger partial charge in [-0.05, 0) is 31.7 Å². The topological polar surface area (TPSA) is 144 Å². The third-order valence-corrected chi connectivity index (χ3v) is 5.44. The maximum Gasteiger partial charge on any atom is 0.252 e. The molecule has 2 aromatic rings. The molecule has 0 aromatic carbocycles. The number of carbonyl (C=O) groups excluding carboxylic acids is 1. The number of morpholine rings is 1. The summed E-state index contributed by atoms with van der Waals surface area (Å²) in [6.45, 7) is 4.57. The fraction of sp³-hybridized carbons (Fsp3) is 0.500. The Balaban J connectivity index is 1.56. The van der Waals surface area contributed by atoms with Crippen molar-refractivity contribution < 1.29 is 13.9 Å². The minimum Gasteiger partial charge on any atom is -0.378 e. The zero-order valence-electron chi connectivity index (χ0n) is 17.3. The first-order valence-electron chi connectivity index (χ1n) is 10.4. The van der Waals surface area contributed by atoms with Gasteiger partial charge in [-0.15, -0.1) is 0 Å². The van der Waals surface area contributed by atoms with Gasteiger partial charge in [0.05, 0.1) is 36.9 Å². The van der Waals surface area contributed by atoms with E-state index in [4.69, 9.17) is 16.2 Å². The summed E-state index contributed by atoms with van der Waals surface area (Å²) < 4.78 is 20.0. The number of rotatable bonds is 8. The second-order valence-electron chi connectivity index (χ2n) is 7.94. The summed E-state index contributed by atoms with van der Waals surface area (Å²) in [5.41, 5.74) is 11.9. The van der Waals surface area contributed by atoms with Gasteiger partial charge in [0.15, 0.2) is 11.6 Å². The fourth-order valence-electron chi connectivity index (χ4n) is 3.61. The van der Waals surface area contributed by atoms with E-state index in [0.717, 1.165) is 32.0 Å². The third kappa shape index (κ3) is 5.00. The summed E-state index contributed by atoms with van der Waals surface area (Å²) in [4.78, 5) is 26.9. The molecule has 2 atom stereocenters. The van der Waals surface area contributed by atoms with Crippen LogP contribution in [0.5, 0.6) is 0 Å². The summed E-state index contributed by atoms with van der Waals surface area (Å²) in [5.74, 6) is -0.343. The monoisotopic (exact) mass is 430 g/mol. The normalized spacial score (nSPS) is 18.4. The Kier molecular flexibility index (Phi) is 6.14. The molecule has 4 rings (SSSR count). The lowest BCUT2D eigenvalue weighted by Crippen LogP contribution is -2.40. The van der Waals surface area contributed by atoms with E-state index < -0.39 is 11.7 Å². The van der Waals surface area contributed by atoms with Crippen LogP contribution in [0.1, 0.15) is 30.1 Å². The molecule has 6 N–H and O–H groups in total. The van der Waals surface area contributed by atoms with E-state index >= 15 is 0 Å². The quantitative estimate of drug-likeness (QED) is 0.486. The highest BCUT2D eigenvalue weighted by atomic mass is 19.1. The maximum atomic E-state index is 14.7. The highest BCUT2D eigenvalue weighted by Gasteiger charge is 2.34. The van der Waals surface area contributed by atoms with Crippen LogP contribution in [0.15, 0.2) is 18.5 Å². The van der Waals surface area contributed by atoms with Gasteiger partial charge in [0.2, 0.25) is 5.95 Å². The molecular weight excluding hydrogens is 403 g/mol. The number of carbonyl (C=O) groups is 1.